The molecule has 0 aliphatic rings. The molecular weight excluding hydrogens is 206 g/mol. The first-order chi connectivity index (χ1) is 5.97. The van der Waals surface area contributed by atoms with E-state index in [0.717, 1.165) is 0 Å². The van der Waals surface area contributed by atoms with Crippen molar-refractivity contribution in [1.82, 2.24) is 0 Å². The Hall–Kier alpha value is -0.850. The zero-order chi connectivity index (χ0) is 10.1. The molecule has 0 saturated heterocycles. The SMILES string of the molecule is CC(C)(C#N)C(=O)c1ccc(Cl)s1. The van der Waals surface area contributed by atoms with Gasteiger partial charge in [-0.3, -0.25) is 4.79 Å². The summed E-state index contributed by atoms with van der Waals surface area (Å²) in [6.45, 7) is 3.20. The van der Waals surface area contributed by atoms with Crippen LogP contribution in [0, 0.1) is 16.7 Å². The molecule has 1 aromatic heterocycles. The molecule has 1 rings (SSSR count). The van der Waals surface area contributed by atoms with Crippen LogP contribution in [0.4, 0.5) is 0 Å². The molecule has 0 atom stereocenters. The topological polar surface area (TPSA) is 40.9 Å². The van der Waals surface area contributed by atoms with Crippen LogP contribution in [0.3, 0.4) is 0 Å². The summed E-state index contributed by atoms with van der Waals surface area (Å²) in [4.78, 5) is 12.2. The van der Waals surface area contributed by atoms with Crippen molar-refractivity contribution >= 4 is 28.7 Å². The largest absolute Gasteiger partial charge is 0.291 e. The van der Waals surface area contributed by atoms with Gasteiger partial charge < -0.3 is 0 Å². The van der Waals surface area contributed by atoms with Crippen molar-refractivity contribution in [3.8, 4) is 6.07 Å². The maximum atomic E-state index is 11.6. The van der Waals surface area contributed by atoms with E-state index in [9.17, 15) is 4.79 Å². The Kier molecular flexibility index (Phi) is 2.74. The Balaban J connectivity index is 3.00. The molecule has 0 bridgehead atoms. The van der Waals surface area contributed by atoms with Crippen LogP contribution in [0.1, 0.15) is 23.5 Å². The second-order valence-electron chi connectivity index (χ2n) is 3.17. The van der Waals surface area contributed by atoms with Crippen molar-refractivity contribution in [1.29, 1.82) is 5.26 Å². The minimum atomic E-state index is -0.964. The summed E-state index contributed by atoms with van der Waals surface area (Å²) in [7, 11) is 0. The second-order valence-corrected chi connectivity index (χ2v) is 4.88. The fourth-order valence-electron chi connectivity index (χ4n) is 0.795. The van der Waals surface area contributed by atoms with E-state index in [0.29, 0.717) is 9.21 Å². The number of nitriles is 1. The predicted molar refractivity (Wildman–Crippen MR) is 53.1 cm³/mol. The van der Waals surface area contributed by atoms with Gasteiger partial charge in [-0.05, 0) is 26.0 Å². The number of carbonyl (C=O) groups excluding carboxylic acids is 1. The van der Waals surface area contributed by atoms with Crippen LogP contribution in [0.25, 0.3) is 0 Å². The van der Waals surface area contributed by atoms with Gasteiger partial charge in [0.25, 0.3) is 0 Å². The van der Waals surface area contributed by atoms with E-state index in [1.807, 2.05) is 6.07 Å². The van der Waals surface area contributed by atoms with Crippen LogP contribution in [0.2, 0.25) is 4.34 Å². The zero-order valence-electron chi connectivity index (χ0n) is 7.30. The molecule has 0 N–H and O–H groups in total. The second kappa shape index (κ2) is 3.49. The van der Waals surface area contributed by atoms with Crippen LogP contribution in [0.5, 0.6) is 0 Å². The van der Waals surface area contributed by atoms with Gasteiger partial charge >= 0.3 is 0 Å². The average molecular weight is 214 g/mol. The molecule has 0 amide bonds. The van der Waals surface area contributed by atoms with E-state index in [1.165, 1.54) is 11.3 Å². The lowest BCUT2D eigenvalue weighted by Crippen LogP contribution is -2.21. The maximum Gasteiger partial charge on any atom is 0.192 e. The minimum Gasteiger partial charge on any atom is -0.291 e. The van der Waals surface area contributed by atoms with Crippen molar-refractivity contribution in [2.45, 2.75) is 13.8 Å². The zero-order valence-corrected chi connectivity index (χ0v) is 8.87. The Morgan fingerprint density at radius 1 is 1.62 bits per heavy atom. The van der Waals surface area contributed by atoms with Crippen molar-refractivity contribution in [2.75, 3.05) is 0 Å². The highest BCUT2D eigenvalue weighted by atomic mass is 35.5. The highest BCUT2D eigenvalue weighted by Crippen LogP contribution is 2.28. The number of ketones is 1. The lowest BCUT2D eigenvalue weighted by Gasteiger charge is -2.10. The number of hydrogen-bond acceptors (Lipinski definition) is 3. The molecule has 0 aliphatic heterocycles. The number of halogens is 1. The van der Waals surface area contributed by atoms with Gasteiger partial charge in [0, 0.05) is 0 Å². The first-order valence-electron chi connectivity index (χ1n) is 3.69. The predicted octanol–water partition coefficient (Wildman–Crippen LogP) is 3.13. The summed E-state index contributed by atoms with van der Waals surface area (Å²) >= 11 is 6.88. The quantitative estimate of drug-likeness (QED) is 0.709. The fourth-order valence-corrected chi connectivity index (χ4v) is 1.94. The van der Waals surface area contributed by atoms with E-state index in [1.54, 1.807) is 26.0 Å². The van der Waals surface area contributed by atoms with Crippen molar-refractivity contribution in [3.63, 3.8) is 0 Å². The molecule has 1 heterocycles. The molecule has 0 spiro atoms. The molecule has 2 nitrogen and oxygen atoms in total. The number of rotatable bonds is 2. The first kappa shape index (κ1) is 10.2. The Morgan fingerprint density at radius 2 is 2.23 bits per heavy atom. The number of carbonyl (C=O) groups is 1. The molecule has 0 aromatic carbocycles. The lowest BCUT2D eigenvalue weighted by molar-refractivity contribution is 0.0896. The molecule has 0 fully saturated rings. The van der Waals surface area contributed by atoms with E-state index in [-0.39, 0.29) is 5.78 Å². The summed E-state index contributed by atoms with van der Waals surface area (Å²) in [5, 5.41) is 8.73. The molecule has 0 saturated carbocycles. The summed E-state index contributed by atoms with van der Waals surface area (Å²) in [6.07, 6.45) is 0. The standard InChI is InChI=1S/C9H8ClNOS/c1-9(2,5-11)8(12)6-3-4-7(10)13-6/h3-4H,1-2H3. The third-order valence-corrected chi connectivity index (χ3v) is 2.87. The van der Waals surface area contributed by atoms with E-state index >= 15 is 0 Å². The van der Waals surface area contributed by atoms with E-state index < -0.39 is 5.41 Å². The Bertz CT molecular complexity index is 375. The van der Waals surface area contributed by atoms with Gasteiger partial charge in [0.1, 0.15) is 5.41 Å². The number of hydrogen-bond donors (Lipinski definition) is 0. The molecule has 0 aliphatic carbocycles. The van der Waals surface area contributed by atoms with Gasteiger partial charge in [0.05, 0.1) is 15.3 Å². The summed E-state index contributed by atoms with van der Waals surface area (Å²) in [5.74, 6) is -0.174. The van der Waals surface area contributed by atoms with Crippen LogP contribution in [-0.2, 0) is 0 Å². The van der Waals surface area contributed by atoms with Gasteiger partial charge in [0.15, 0.2) is 5.78 Å². The average Bonchev–Trinajstić information content (AvgIpc) is 2.50. The van der Waals surface area contributed by atoms with Crippen LogP contribution >= 0.6 is 22.9 Å². The number of nitrogens with zero attached hydrogens (tertiary/aromatic N) is 1. The maximum absolute atomic E-state index is 11.6. The summed E-state index contributed by atoms with van der Waals surface area (Å²) < 4.78 is 0.567. The molecule has 4 heteroatoms. The van der Waals surface area contributed by atoms with Crippen molar-refractivity contribution in [3.05, 3.63) is 21.3 Å². The smallest absolute Gasteiger partial charge is 0.192 e. The highest BCUT2D eigenvalue weighted by Gasteiger charge is 2.29. The molecule has 1 aromatic rings. The van der Waals surface area contributed by atoms with E-state index in [2.05, 4.69) is 0 Å². The van der Waals surface area contributed by atoms with Crippen LogP contribution in [0.15, 0.2) is 12.1 Å². The Morgan fingerprint density at radius 3 is 2.62 bits per heavy atom. The van der Waals surface area contributed by atoms with Gasteiger partial charge in [-0.15, -0.1) is 11.3 Å². The van der Waals surface area contributed by atoms with Gasteiger partial charge in [-0.2, -0.15) is 5.26 Å². The fraction of sp³-hybridized carbons (Fsp3) is 0.333. The van der Waals surface area contributed by atoms with Gasteiger partial charge in [-0.25, -0.2) is 0 Å². The molecule has 0 unspecified atom stereocenters. The van der Waals surface area contributed by atoms with Gasteiger partial charge in [-0.1, -0.05) is 11.6 Å². The third kappa shape index (κ3) is 2.09. The molecular formula is C9H8ClNOS. The normalized spacial score (nSPS) is 10.9. The Labute approximate surface area is 85.8 Å². The van der Waals surface area contributed by atoms with Gasteiger partial charge in [0.2, 0.25) is 0 Å². The van der Waals surface area contributed by atoms with Crippen LogP contribution < -0.4 is 0 Å². The monoisotopic (exact) mass is 213 g/mol. The molecule has 0 radical (unpaired) electrons. The van der Waals surface area contributed by atoms with Crippen LogP contribution in [-0.4, -0.2) is 5.78 Å². The minimum absolute atomic E-state index is 0.174. The molecule has 68 valence electrons. The molecule has 13 heavy (non-hydrogen) atoms. The number of Topliss-reactive ketones (excluding diaryl/α,β-unsaturated/α-hetero) is 1. The van der Waals surface area contributed by atoms with E-state index in [4.69, 9.17) is 16.9 Å². The highest BCUT2D eigenvalue weighted by molar-refractivity contribution is 7.18. The summed E-state index contributed by atoms with van der Waals surface area (Å²) in [5.41, 5.74) is -0.964. The number of thiophene rings is 1. The lowest BCUT2D eigenvalue weighted by atomic mass is 9.89. The first-order valence-corrected chi connectivity index (χ1v) is 4.88. The third-order valence-electron chi connectivity index (χ3n) is 1.64. The van der Waals surface area contributed by atoms with Crippen molar-refractivity contribution < 1.29 is 4.79 Å². The summed E-state index contributed by atoms with van der Waals surface area (Å²) in [6, 6.07) is 5.27. The van der Waals surface area contributed by atoms with Crippen molar-refractivity contribution in [2.24, 2.45) is 5.41 Å².